The number of carbonyl (C=O) groups excluding carboxylic acids is 1. The molecule has 11 heteroatoms. The Morgan fingerprint density at radius 3 is 2.28 bits per heavy atom. The lowest BCUT2D eigenvalue weighted by Gasteiger charge is -2.34. The predicted molar refractivity (Wildman–Crippen MR) is 102 cm³/mol. The summed E-state index contributed by atoms with van der Waals surface area (Å²) in [5.41, 5.74) is 0.522. The summed E-state index contributed by atoms with van der Waals surface area (Å²) >= 11 is 0. The highest BCUT2D eigenvalue weighted by Crippen LogP contribution is 2.45. The van der Waals surface area contributed by atoms with Crippen LogP contribution in [0.25, 0.3) is 0 Å². The van der Waals surface area contributed by atoms with Crippen LogP contribution >= 0.6 is 0 Å². The van der Waals surface area contributed by atoms with Crippen molar-refractivity contribution in [2.45, 2.75) is 68.8 Å². The van der Waals surface area contributed by atoms with Crippen LogP contribution < -0.4 is 11.1 Å². The molecule has 0 radical (unpaired) electrons. The van der Waals surface area contributed by atoms with Gasteiger partial charge in [0.05, 0.1) is 5.57 Å². The number of rotatable bonds is 3. The van der Waals surface area contributed by atoms with Gasteiger partial charge in [0.25, 0.3) is 0 Å². The molecule has 1 saturated carbocycles. The molecule has 1 aromatic rings. The van der Waals surface area contributed by atoms with Crippen molar-refractivity contribution in [3.05, 3.63) is 40.9 Å². The quantitative estimate of drug-likeness (QED) is 0.473. The molecule has 32 heavy (non-hydrogen) atoms. The summed E-state index contributed by atoms with van der Waals surface area (Å²) in [6.45, 7) is 0. The van der Waals surface area contributed by atoms with E-state index in [0.717, 1.165) is 6.07 Å². The fraction of sp³-hybridized carbons (Fsp3) is 0.571. The monoisotopic (exact) mass is 464 g/mol. The van der Waals surface area contributed by atoms with Gasteiger partial charge >= 0.3 is 12.4 Å². The molecule has 0 aromatic carbocycles. The minimum atomic E-state index is -5.16. The Hall–Kier alpha value is -2.43. The zero-order chi connectivity index (χ0) is 23.9. The van der Waals surface area contributed by atoms with Gasteiger partial charge in [0.2, 0.25) is 0 Å². The number of ketones is 1. The molecule has 1 aromatic heterocycles. The van der Waals surface area contributed by atoms with Crippen LogP contribution in [-0.4, -0.2) is 33.4 Å². The highest BCUT2D eigenvalue weighted by atomic mass is 19.4. The smallest absolute Gasteiger partial charge is 0.402 e. The average molecular weight is 464 g/mol. The van der Waals surface area contributed by atoms with E-state index in [1.54, 1.807) is 0 Å². The van der Waals surface area contributed by atoms with E-state index in [4.69, 9.17) is 11.1 Å². The molecule has 1 fully saturated rings. The van der Waals surface area contributed by atoms with Gasteiger partial charge in [-0.2, -0.15) is 26.3 Å². The largest absolute Gasteiger partial charge is 0.433 e. The normalized spacial score (nSPS) is 27.9. The van der Waals surface area contributed by atoms with Gasteiger partial charge in [-0.25, -0.2) is 4.98 Å². The Morgan fingerprint density at radius 2 is 1.72 bits per heavy atom. The first-order valence-corrected chi connectivity index (χ1v) is 10.2. The van der Waals surface area contributed by atoms with Crippen molar-refractivity contribution in [3.8, 4) is 0 Å². The molecule has 0 aliphatic heterocycles. The molecule has 5 N–H and O–H groups in total. The van der Waals surface area contributed by atoms with Crippen LogP contribution in [0.3, 0.4) is 0 Å². The first kappa shape index (κ1) is 24.2. The molecule has 1 atom stereocenters. The van der Waals surface area contributed by atoms with E-state index in [1.807, 2.05) is 0 Å². The molecule has 0 saturated heterocycles. The van der Waals surface area contributed by atoms with E-state index < -0.39 is 47.3 Å². The number of nitrogens with two attached hydrogens (primary N) is 2. The van der Waals surface area contributed by atoms with Crippen LogP contribution in [0.1, 0.15) is 62.3 Å². The zero-order valence-corrected chi connectivity index (χ0v) is 17.1. The standard InChI is InChI=1S/C21H23F6N3O2/c22-20(23,24)16-3-1-2-15(30-16)11-4-6-12(7-5-11)18(29)17-14(28)9-8-13(31)10-19(17,32)21(25,26)27/h1-3,11-12,29,32H,4-10,28H2/p+1. The molecular formula is C21H24F6N3O2+. The van der Waals surface area contributed by atoms with E-state index in [0.29, 0.717) is 12.8 Å². The van der Waals surface area contributed by atoms with Crippen molar-refractivity contribution in [1.29, 1.82) is 0 Å². The molecule has 1 unspecified atom stereocenters. The molecule has 2 aliphatic carbocycles. The molecule has 0 spiro atoms. The maximum Gasteiger partial charge on any atom is 0.433 e. The predicted octanol–water partition coefficient (Wildman–Crippen LogP) is 2.83. The molecule has 5 nitrogen and oxygen atoms in total. The van der Waals surface area contributed by atoms with E-state index in [1.165, 1.54) is 12.1 Å². The Bertz CT molecular complexity index is 932. The van der Waals surface area contributed by atoms with Gasteiger partial charge in [0.15, 0.2) is 11.3 Å². The third kappa shape index (κ3) is 4.67. The number of allylic oxidation sites excluding steroid dienone is 1. The number of nitrogens with zero attached hydrogens (tertiary/aromatic N) is 1. The molecule has 2 aliphatic rings. The number of halogens is 6. The lowest BCUT2D eigenvalue weighted by Crippen LogP contribution is -2.58. The highest BCUT2D eigenvalue weighted by molar-refractivity contribution is 6.01. The minimum Gasteiger partial charge on any atom is -0.402 e. The number of alkyl halides is 6. The molecular weight excluding hydrogens is 440 g/mol. The number of hydrogen-bond acceptors (Lipinski definition) is 4. The topological polar surface area (TPSA) is 102 Å². The van der Waals surface area contributed by atoms with Crippen LogP contribution in [0.5, 0.6) is 0 Å². The van der Waals surface area contributed by atoms with Crippen molar-refractivity contribution in [3.63, 3.8) is 0 Å². The van der Waals surface area contributed by atoms with Gasteiger partial charge in [0.1, 0.15) is 11.5 Å². The Labute approximate surface area is 180 Å². The molecule has 1 heterocycles. The molecule has 3 rings (SSSR count). The summed E-state index contributed by atoms with van der Waals surface area (Å²) in [5.74, 6) is -1.63. The summed E-state index contributed by atoms with van der Waals surface area (Å²) < 4.78 is 80.2. The van der Waals surface area contributed by atoms with Gasteiger partial charge in [-0.05, 0) is 44.2 Å². The van der Waals surface area contributed by atoms with Crippen LogP contribution in [0.2, 0.25) is 0 Å². The summed E-state index contributed by atoms with van der Waals surface area (Å²) in [6, 6.07) is 3.64. The second-order valence-electron chi connectivity index (χ2n) is 8.42. The fourth-order valence-electron chi connectivity index (χ4n) is 4.53. The van der Waals surface area contributed by atoms with Gasteiger partial charge in [-0.1, -0.05) is 6.07 Å². The number of aromatic nitrogens is 1. The van der Waals surface area contributed by atoms with Crippen molar-refractivity contribution >= 4 is 11.5 Å². The Morgan fingerprint density at radius 1 is 1.09 bits per heavy atom. The third-order valence-electron chi connectivity index (χ3n) is 6.26. The fourth-order valence-corrected chi connectivity index (χ4v) is 4.53. The second-order valence-corrected chi connectivity index (χ2v) is 8.42. The number of hydrogen-bond donors (Lipinski definition) is 3. The Kier molecular flexibility index (Phi) is 6.43. The van der Waals surface area contributed by atoms with Crippen LogP contribution in [-0.2, 0) is 11.0 Å². The number of carbonyl (C=O) groups is 1. The highest BCUT2D eigenvalue weighted by Gasteiger charge is 2.61. The summed E-state index contributed by atoms with van der Waals surface area (Å²) in [6.07, 6.45) is -9.97. The summed E-state index contributed by atoms with van der Waals surface area (Å²) in [5, 5.41) is 16.6. The average Bonchev–Trinajstić information content (AvgIpc) is 2.82. The van der Waals surface area contributed by atoms with E-state index in [2.05, 4.69) is 4.98 Å². The minimum absolute atomic E-state index is 0.142. The molecule has 176 valence electrons. The van der Waals surface area contributed by atoms with Crippen LogP contribution in [0.4, 0.5) is 26.3 Å². The van der Waals surface area contributed by atoms with Gasteiger partial charge in [-0.3, -0.25) is 10.2 Å². The van der Waals surface area contributed by atoms with Crippen LogP contribution in [0, 0.1) is 5.92 Å². The van der Waals surface area contributed by atoms with Gasteiger partial charge in [0, 0.05) is 36.1 Å². The van der Waals surface area contributed by atoms with Gasteiger partial charge in [-0.15, -0.1) is 0 Å². The van der Waals surface area contributed by atoms with E-state index in [-0.39, 0.29) is 48.7 Å². The van der Waals surface area contributed by atoms with Crippen LogP contribution in [0.15, 0.2) is 29.5 Å². The first-order valence-electron chi connectivity index (χ1n) is 10.2. The van der Waals surface area contributed by atoms with E-state index in [9.17, 15) is 36.2 Å². The second kappa shape index (κ2) is 8.49. The maximum absolute atomic E-state index is 13.8. The lowest BCUT2D eigenvalue weighted by molar-refractivity contribution is -0.245. The molecule has 0 bridgehead atoms. The lowest BCUT2D eigenvalue weighted by atomic mass is 9.73. The van der Waals surface area contributed by atoms with Crippen molar-refractivity contribution < 1.29 is 41.7 Å². The zero-order valence-electron chi connectivity index (χ0n) is 17.1. The maximum atomic E-state index is 13.8. The number of aliphatic hydroxyl groups is 1. The third-order valence-corrected chi connectivity index (χ3v) is 6.26. The number of pyridine rings is 1. The SMILES string of the molecule is NC1=C(C(=[NH2+])C2CCC(c3cccc(C(F)(F)F)n3)CC2)C(O)(C(F)(F)F)CC(=O)CC1. The van der Waals surface area contributed by atoms with Crippen molar-refractivity contribution in [2.75, 3.05) is 0 Å². The number of Topliss-reactive ketones (excluding diaryl/α,β-unsaturated/α-hetero) is 1. The van der Waals surface area contributed by atoms with Gasteiger partial charge < -0.3 is 10.8 Å². The Balaban J connectivity index is 1.80. The first-order chi connectivity index (χ1) is 14.7. The molecule has 0 amide bonds. The van der Waals surface area contributed by atoms with E-state index >= 15 is 0 Å². The summed E-state index contributed by atoms with van der Waals surface area (Å²) in [4.78, 5) is 15.6. The van der Waals surface area contributed by atoms with Crippen molar-refractivity contribution in [1.82, 2.24) is 4.98 Å². The summed E-state index contributed by atoms with van der Waals surface area (Å²) in [7, 11) is 0. The van der Waals surface area contributed by atoms with Crippen molar-refractivity contribution in [2.24, 2.45) is 11.7 Å².